The molecule has 36 heavy (non-hydrogen) atoms. The summed E-state index contributed by atoms with van der Waals surface area (Å²) in [5, 5.41) is 3.16. The number of carbonyl (C=O) groups excluding carboxylic acids is 2. The number of halogens is 1. The van der Waals surface area contributed by atoms with Crippen molar-refractivity contribution < 1.29 is 22.7 Å². The molecule has 2 amide bonds. The molecule has 0 aliphatic heterocycles. The fourth-order valence-corrected chi connectivity index (χ4v) is 4.86. The van der Waals surface area contributed by atoms with E-state index in [1.165, 1.54) is 30.2 Å². The van der Waals surface area contributed by atoms with Gasteiger partial charge in [0.2, 0.25) is 21.8 Å². The molecule has 0 heterocycles. The Bertz CT molecular complexity index is 1190. The zero-order chi connectivity index (χ0) is 27.3. The van der Waals surface area contributed by atoms with Crippen molar-refractivity contribution >= 4 is 39.1 Å². The molecule has 10 heteroatoms. The van der Waals surface area contributed by atoms with Crippen LogP contribution in [0.15, 0.2) is 42.5 Å². The number of benzene rings is 2. The molecule has 198 valence electrons. The summed E-state index contributed by atoms with van der Waals surface area (Å²) in [6, 6.07) is 11.3. The molecule has 0 bridgehead atoms. The molecule has 2 aromatic carbocycles. The quantitative estimate of drug-likeness (QED) is 0.491. The van der Waals surface area contributed by atoms with E-state index < -0.39 is 34.1 Å². The highest BCUT2D eigenvalue weighted by atomic mass is 35.5. The van der Waals surface area contributed by atoms with Crippen molar-refractivity contribution in [2.75, 3.05) is 24.2 Å². The molecule has 0 unspecified atom stereocenters. The lowest BCUT2D eigenvalue weighted by Crippen LogP contribution is -2.55. The number of rotatable bonds is 10. The summed E-state index contributed by atoms with van der Waals surface area (Å²) >= 11 is 6.23. The Labute approximate surface area is 219 Å². The van der Waals surface area contributed by atoms with E-state index in [0.717, 1.165) is 21.7 Å². The van der Waals surface area contributed by atoms with Gasteiger partial charge in [0.25, 0.3) is 0 Å². The van der Waals surface area contributed by atoms with Gasteiger partial charge in [-0.15, -0.1) is 0 Å². The van der Waals surface area contributed by atoms with E-state index >= 15 is 0 Å². The molecule has 0 aliphatic carbocycles. The topological polar surface area (TPSA) is 96.0 Å². The summed E-state index contributed by atoms with van der Waals surface area (Å²) in [5.74, 6) is -0.428. The zero-order valence-corrected chi connectivity index (χ0v) is 23.5. The number of aryl methyl sites for hydroxylation is 1. The van der Waals surface area contributed by atoms with Crippen molar-refractivity contribution in [1.29, 1.82) is 0 Å². The minimum absolute atomic E-state index is 0.155. The second-order valence-electron chi connectivity index (χ2n) is 9.70. The Morgan fingerprint density at radius 1 is 1.14 bits per heavy atom. The Hall–Kier alpha value is -2.78. The molecule has 0 spiro atoms. The summed E-state index contributed by atoms with van der Waals surface area (Å²) in [6.07, 6.45) is 1.38. The first-order chi connectivity index (χ1) is 16.7. The number of nitrogens with zero attached hydrogens (tertiary/aromatic N) is 2. The number of hydrogen-bond donors (Lipinski definition) is 1. The molecule has 1 atom stereocenters. The smallest absolute Gasteiger partial charge is 0.244 e. The third-order valence-electron chi connectivity index (χ3n) is 5.59. The molecule has 0 aromatic heterocycles. The van der Waals surface area contributed by atoms with Gasteiger partial charge in [-0.05, 0) is 63.4 Å². The third kappa shape index (κ3) is 7.86. The highest BCUT2D eigenvalue weighted by Crippen LogP contribution is 2.30. The number of ether oxygens (including phenoxy) is 1. The Morgan fingerprint density at radius 2 is 1.78 bits per heavy atom. The van der Waals surface area contributed by atoms with Gasteiger partial charge in [-0.2, -0.15) is 0 Å². The number of sulfonamides is 1. The van der Waals surface area contributed by atoms with Crippen LogP contribution in [0.2, 0.25) is 5.02 Å². The average Bonchev–Trinajstić information content (AvgIpc) is 2.76. The first-order valence-electron chi connectivity index (χ1n) is 11.6. The molecule has 0 fully saturated rings. The normalized spacial score (nSPS) is 12.6. The Kier molecular flexibility index (Phi) is 9.79. The van der Waals surface area contributed by atoms with Gasteiger partial charge in [-0.25, -0.2) is 8.42 Å². The number of amides is 2. The number of anilines is 1. The van der Waals surface area contributed by atoms with Crippen LogP contribution in [0.4, 0.5) is 5.69 Å². The fourth-order valence-electron chi connectivity index (χ4n) is 3.77. The van der Waals surface area contributed by atoms with Crippen LogP contribution in [-0.4, -0.2) is 56.6 Å². The molecule has 0 radical (unpaired) electrons. The maximum absolute atomic E-state index is 13.7. The maximum Gasteiger partial charge on any atom is 0.244 e. The monoisotopic (exact) mass is 537 g/mol. The number of methoxy groups -OCH3 is 1. The van der Waals surface area contributed by atoms with Crippen molar-refractivity contribution in [3.05, 3.63) is 58.6 Å². The lowest BCUT2D eigenvalue weighted by Gasteiger charge is -2.34. The van der Waals surface area contributed by atoms with Gasteiger partial charge in [-0.3, -0.25) is 13.9 Å². The van der Waals surface area contributed by atoms with Crippen LogP contribution in [0.5, 0.6) is 5.75 Å². The van der Waals surface area contributed by atoms with Crippen LogP contribution in [0, 0.1) is 6.92 Å². The summed E-state index contributed by atoms with van der Waals surface area (Å²) < 4.78 is 31.6. The maximum atomic E-state index is 13.7. The largest absolute Gasteiger partial charge is 0.495 e. The molecule has 1 N–H and O–H groups in total. The van der Waals surface area contributed by atoms with Crippen LogP contribution >= 0.6 is 11.6 Å². The lowest BCUT2D eigenvalue weighted by atomic mass is 10.0. The van der Waals surface area contributed by atoms with Crippen molar-refractivity contribution in [2.24, 2.45) is 0 Å². The number of carbonyl (C=O) groups is 2. The molecule has 2 rings (SSSR count). The Morgan fingerprint density at radius 3 is 2.28 bits per heavy atom. The van der Waals surface area contributed by atoms with Gasteiger partial charge in [0.05, 0.1) is 24.1 Å². The van der Waals surface area contributed by atoms with Gasteiger partial charge in [-0.1, -0.05) is 42.8 Å². The Balaban J connectivity index is 2.50. The zero-order valence-electron chi connectivity index (χ0n) is 22.0. The minimum Gasteiger partial charge on any atom is -0.495 e. The van der Waals surface area contributed by atoms with Crippen molar-refractivity contribution in [3.63, 3.8) is 0 Å². The predicted molar refractivity (Wildman–Crippen MR) is 144 cm³/mol. The predicted octanol–water partition coefficient (Wildman–Crippen LogP) is 4.15. The highest BCUT2D eigenvalue weighted by molar-refractivity contribution is 7.92. The van der Waals surface area contributed by atoms with Crippen LogP contribution in [0.1, 0.15) is 45.2 Å². The lowest BCUT2D eigenvalue weighted by molar-refractivity contribution is -0.141. The van der Waals surface area contributed by atoms with E-state index in [9.17, 15) is 18.0 Å². The summed E-state index contributed by atoms with van der Waals surface area (Å²) in [4.78, 5) is 28.4. The van der Waals surface area contributed by atoms with Crippen molar-refractivity contribution in [3.8, 4) is 5.75 Å². The van der Waals surface area contributed by atoms with Crippen LogP contribution in [0.25, 0.3) is 0 Å². The summed E-state index contributed by atoms with van der Waals surface area (Å²) in [7, 11) is -2.41. The number of nitrogens with one attached hydrogen (secondary N) is 1. The molecule has 0 aliphatic rings. The van der Waals surface area contributed by atoms with Crippen molar-refractivity contribution in [1.82, 2.24) is 10.2 Å². The third-order valence-corrected chi connectivity index (χ3v) is 7.02. The molecule has 2 aromatic rings. The van der Waals surface area contributed by atoms with E-state index in [-0.39, 0.29) is 23.2 Å². The van der Waals surface area contributed by atoms with E-state index in [1.54, 1.807) is 0 Å². The first-order valence-corrected chi connectivity index (χ1v) is 13.9. The fraction of sp³-hybridized carbons (Fsp3) is 0.462. The van der Waals surface area contributed by atoms with Crippen LogP contribution in [-0.2, 0) is 26.2 Å². The highest BCUT2D eigenvalue weighted by Gasteiger charge is 2.33. The van der Waals surface area contributed by atoms with E-state index in [2.05, 4.69) is 5.32 Å². The standard InChI is InChI=1S/C26H36ClN3O5S/c1-8-22(25(32)28-26(3,4)5)29(16-19-12-10-9-11-18(19)2)24(31)17-30(36(7,33)34)20-13-14-23(35-6)21(27)15-20/h9-15,22H,8,16-17H2,1-7H3,(H,28,32)/t22-/m0/s1. The van der Waals surface area contributed by atoms with Gasteiger partial charge in [0, 0.05) is 12.1 Å². The molecular weight excluding hydrogens is 502 g/mol. The SMILES string of the molecule is CC[C@@H](C(=O)NC(C)(C)C)N(Cc1ccccc1C)C(=O)CN(c1ccc(OC)c(Cl)c1)S(C)(=O)=O. The van der Waals surface area contributed by atoms with E-state index in [1.807, 2.05) is 58.9 Å². The summed E-state index contributed by atoms with van der Waals surface area (Å²) in [6.45, 7) is 9.01. The van der Waals surface area contributed by atoms with Crippen LogP contribution < -0.4 is 14.4 Å². The first kappa shape index (κ1) is 29.5. The average molecular weight is 538 g/mol. The van der Waals surface area contributed by atoms with Crippen LogP contribution in [0.3, 0.4) is 0 Å². The summed E-state index contributed by atoms with van der Waals surface area (Å²) in [5.41, 5.74) is 1.55. The molecular formula is C26H36ClN3O5S. The van der Waals surface area contributed by atoms with Gasteiger partial charge in [0.15, 0.2) is 0 Å². The molecule has 8 nitrogen and oxygen atoms in total. The van der Waals surface area contributed by atoms with Gasteiger partial charge >= 0.3 is 0 Å². The molecule has 0 saturated carbocycles. The van der Waals surface area contributed by atoms with E-state index in [0.29, 0.717) is 12.2 Å². The minimum atomic E-state index is -3.86. The second-order valence-corrected chi connectivity index (χ2v) is 12.0. The second kappa shape index (κ2) is 12.0. The number of hydrogen-bond acceptors (Lipinski definition) is 5. The van der Waals surface area contributed by atoms with Gasteiger partial charge in [0.1, 0.15) is 18.3 Å². The van der Waals surface area contributed by atoms with E-state index in [4.69, 9.17) is 16.3 Å². The van der Waals surface area contributed by atoms with Gasteiger partial charge < -0.3 is 15.0 Å². The van der Waals surface area contributed by atoms with Crippen molar-refractivity contribution in [2.45, 2.75) is 59.2 Å². The molecule has 0 saturated heterocycles.